The molecule has 0 spiro atoms. The predicted octanol–water partition coefficient (Wildman–Crippen LogP) is 1.43. The molecule has 6 nitrogen and oxygen atoms in total. The number of hydrogen-bond acceptors (Lipinski definition) is 5. The summed E-state index contributed by atoms with van der Waals surface area (Å²) in [5, 5.41) is 12.8. The van der Waals surface area contributed by atoms with Crippen LogP contribution in [0.15, 0.2) is 0 Å². The van der Waals surface area contributed by atoms with Gasteiger partial charge in [0.25, 0.3) is 0 Å². The molecule has 0 bridgehead atoms. The Bertz CT molecular complexity index is 310. The molecule has 1 aliphatic rings. The van der Waals surface area contributed by atoms with Gasteiger partial charge < -0.3 is 19.3 Å². The number of rotatable bonds is 10. The van der Waals surface area contributed by atoms with Crippen LogP contribution < -0.4 is 5.32 Å². The van der Waals surface area contributed by atoms with Crippen LogP contribution in [0, 0.1) is 0 Å². The molecule has 21 heavy (non-hydrogen) atoms. The number of carboxylic acid groups (broad SMARTS) is 1. The number of aliphatic carboxylic acids is 1. The number of carboxylic acids is 1. The van der Waals surface area contributed by atoms with Gasteiger partial charge >= 0.3 is 5.97 Å². The predicted molar refractivity (Wildman–Crippen MR) is 79.5 cm³/mol. The van der Waals surface area contributed by atoms with Crippen LogP contribution in [-0.4, -0.2) is 62.3 Å². The van der Waals surface area contributed by atoms with Crippen molar-refractivity contribution in [1.82, 2.24) is 5.32 Å². The fourth-order valence-corrected chi connectivity index (χ4v) is 2.82. The van der Waals surface area contributed by atoms with Gasteiger partial charge in [0, 0.05) is 19.6 Å². The molecule has 0 amide bonds. The topological polar surface area (TPSA) is 77.0 Å². The zero-order valence-corrected chi connectivity index (χ0v) is 13.4. The molecule has 6 heteroatoms. The second-order valence-electron chi connectivity index (χ2n) is 5.88. The summed E-state index contributed by atoms with van der Waals surface area (Å²) >= 11 is 0. The van der Waals surface area contributed by atoms with E-state index in [2.05, 4.69) is 5.32 Å². The molecule has 1 aliphatic carbocycles. The number of hydrogen-bond donors (Lipinski definition) is 2. The number of nitrogens with one attached hydrogen (secondary N) is 1. The average molecular weight is 303 g/mol. The summed E-state index contributed by atoms with van der Waals surface area (Å²) in [4.78, 5) is 11.6. The van der Waals surface area contributed by atoms with Gasteiger partial charge in [-0.2, -0.15) is 0 Å². The van der Waals surface area contributed by atoms with Gasteiger partial charge in [0.05, 0.1) is 32.5 Å². The van der Waals surface area contributed by atoms with E-state index >= 15 is 0 Å². The third kappa shape index (κ3) is 6.30. The first-order valence-corrected chi connectivity index (χ1v) is 7.69. The van der Waals surface area contributed by atoms with E-state index in [1.54, 1.807) is 7.11 Å². The Labute approximate surface area is 127 Å². The highest BCUT2D eigenvalue weighted by molar-refractivity contribution is 5.79. The third-order valence-corrected chi connectivity index (χ3v) is 3.69. The molecule has 0 aromatic rings. The van der Waals surface area contributed by atoms with E-state index in [1.165, 1.54) is 0 Å². The van der Waals surface area contributed by atoms with Gasteiger partial charge in [0.15, 0.2) is 0 Å². The van der Waals surface area contributed by atoms with Crippen LogP contribution in [0.1, 0.15) is 39.5 Å². The molecule has 0 aromatic carbocycles. The Morgan fingerprint density at radius 3 is 2.67 bits per heavy atom. The molecule has 0 aliphatic heterocycles. The Morgan fingerprint density at radius 1 is 1.33 bits per heavy atom. The van der Waals surface area contributed by atoms with Crippen LogP contribution in [0.3, 0.4) is 0 Å². The number of ether oxygens (including phenoxy) is 3. The first-order valence-electron chi connectivity index (χ1n) is 7.69. The van der Waals surface area contributed by atoms with Gasteiger partial charge in [0.2, 0.25) is 0 Å². The molecule has 0 aromatic heterocycles. The number of carbonyl (C=O) groups is 1. The molecule has 1 rings (SSSR count). The molecule has 0 saturated heterocycles. The highest BCUT2D eigenvalue weighted by Gasteiger charge is 2.43. The minimum atomic E-state index is -0.853. The van der Waals surface area contributed by atoms with E-state index in [0.717, 1.165) is 12.8 Å². The molecular weight excluding hydrogens is 274 g/mol. The van der Waals surface area contributed by atoms with E-state index in [0.29, 0.717) is 39.3 Å². The fraction of sp³-hybridized carbons (Fsp3) is 0.933. The molecule has 0 radical (unpaired) electrons. The third-order valence-electron chi connectivity index (χ3n) is 3.69. The van der Waals surface area contributed by atoms with Crippen molar-refractivity contribution >= 4 is 5.97 Å². The van der Waals surface area contributed by atoms with E-state index in [4.69, 9.17) is 14.2 Å². The van der Waals surface area contributed by atoms with Crippen LogP contribution >= 0.6 is 0 Å². The van der Waals surface area contributed by atoms with Crippen molar-refractivity contribution in [2.24, 2.45) is 0 Å². The van der Waals surface area contributed by atoms with Crippen molar-refractivity contribution in [3.05, 3.63) is 0 Å². The summed E-state index contributed by atoms with van der Waals surface area (Å²) in [6, 6.07) is 0.136. The van der Waals surface area contributed by atoms with Crippen molar-refractivity contribution in [3.63, 3.8) is 0 Å². The number of methoxy groups -OCH3 is 1. The quantitative estimate of drug-likeness (QED) is 0.595. The van der Waals surface area contributed by atoms with Crippen molar-refractivity contribution < 1.29 is 24.1 Å². The Kier molecular flexibility index (Phi) is 8.18. The first-order chi connectivity index (χ1) is 10.00. The summed E-state index contributed by atoms with van der Waals surface area (Å²) in [6.45, 7) is 6.07. The standard InChI is InChI=1S/C15H29NO5/c1-12(2)16-15(14(17)18)6-4-5-13(11-15)21-10-9-20-8-7-19-3/h12-13,16H,4-11H2,1-3H3,(H,17,18). The smallest absolute Gasteiger partial charge is 0.324 e. The lowest BCUT2D eigenvalue weighted by Gasteiger charge is -2.39. The van der Waals surface area contributed by atoms with Gasteiger partial charge in [0.1, 0.15) is 5.54 Å². The van der Waals surface area contributed by atoms with Crippen LogP contribution in [-0.2, 0) is 19.0 Å². The van der Waals surface area contributed by atoms with Crippen LogP contribution in [0.5, 0.6) is 0 Å². The molecule has 1 fully saturated rings. The maximum Gasteiger partial charge on any atom is 0.324 e. The first kappa shape index (κ1) is 18.4. The zero-order chi connectivity index (χ0) is 15.7. The average Bonchev–Trinajstić information content (AvgIpc) is 2.42. The minimum Gasteiger partial charge on any atom is -0.480 e. The van der Waals surface area contributed by atoms with Gasteiger partial charge in [-0.25, -0.2) is 0 Å². The molecule has 2 unspecified atom stereocenters. The lowest BCUT2D eigenvalue weighted by Crippen LogP contribution is -2.58. The summed E-state index contributed by atoms with van der Waals surface area (Å²) < 4.78 is 16.0. The molecule has 1 saturated carbocycles. The van der Waals surface area contributed by atoms with Gasteiger partial charge in [-0.1, -0.05) is 0 Å². The Hall–Kier alpha value is -0.690. The minimum absolute atomic E-state index is 0.0212. The van der Waals surface area contributed by atoms with Crippen LogP contribution in [0.4, 0.5) is 0 Å². The molecule has 2 N–H and O–H groups in total. The maximum absolute atomic E-state index is 11.6. The molecule has 124 valence electrons. The maximum atomic E-state index is 11.6. The van der Waals surface area contributed by atoms with Gasteiger partial charge in [-0.05, 0) is 33.1 Å². The Balaban J connectivity index is 2.37. The fourth-order valence-electron chi connectivity index (χ4n) is 2.82. The van der Waals surface area contributed by atoms with E-state index in [1.807, 2.05) is 13.8 Å². The van der Waals surface area contributed by atoms with Crippen molar-refractivity contribution in [1.29, 1.82) is 0 Å². The molecule has 2 atom stereocenters. The van der Waals surface area contributed by atoms with E-state index < -0.39 is 11.5 Å². The van der Waals surface area contributed by atoms with E-state index in [-0.39, 0.29) is 12.1 Å². The normalized spacial score (nSPS) is 26.2. The van der Waals surface area contributed by atoms with Crippen molar-refractivity contribution in [2.45, 2.75) is 57.2 Å². The summed E-state index contributed by atoms with van der Waals surface area (Å²) in [5.41, 5.74) is -0.853. The Morgan fingerprint density at radius 2 is 2.05 bits per heavy atom. The van der Waals surface area contributed by atoms with Crippen LogP contribution in [0.2, 0.25) is 0 Å². The highest BCUT2D eigenvalue weighted by atomic mass is 16.5. The highest BCUT2D eigenvalue weighted by Crippen LogP contribution is 2.31. The second-order valence-corrected chi connectivity index (χ2v) is 5.88. The lowest BCUT2D eigenvalue weighted by atomic mass is 9.79. The zero-order valence-electron chi connectivity index (χ0n) is 13.4. The van der Waals surface area contributed by atoms with Gasteiger partial charge in [-0.15, -0.1) is 0 Å². The lowest BCUT2D eigenvalue weighted by molar-refractivity contribution is -0.150. The van der Waals surface area contributed by atoms with E-state index in [9.17, 15) is 9.90 Å². The van der Waals surface area contributed by atoms with Crippen molar-refractivity contribution in [3.8, 4) is 0 Å². The monoisotopic (exact) mass is 303 g/mol. The van der Waals surface area contributed by atoms with Gasteiger partial charge in [-0.3, -0.25) is 10.1 Å². The molecular formula is C15H29NO5. The summed E-state index contributed by atoms with van der Waals surface area (Å²) in [6.07, 6.45) is 2.92. The summed E-state index contributed by atoms with van der Waals surface area (Å²) in [5.74, 6) is -0.777. The van der Waals surface area contributed by atoms with Crippen LogP contribution in [0.25, 0.3) is 0 Å². The molecule has 0 heterocycles. The second kappa shape index (κ2) is 9.35. The SMILES string of the molecule is COCCOCCOC1CCCC(NC(C)C)(C(=O)O)C1. The summed E-state index contributed by atoms with van der Waals surface area (Å²) in [7, 11) is 1.63. The van der Waals surface area contributed by atoms with Crippen molar-refractivity contribution in [2.75, 3.05) is 33.5 Å². The largest absolute Gasteiger partial charge is 0.480 e.